The fourth-order valence-corrected chi connectivity index (χ4v) is 4.01. The maximum Gasteiger partial charge on any atom is 0.270 e. The minimum atomic E-state index is -0.0270. The summed E-state index contributed by atoms with van der Waals surface area (Å²) in [5.41, 5.74) is 0.521. The highest BCUT2D eigenvalue weighted by atomic mass is 16.5. The number of rotatable bonds is 3. The van der Waals surface area contributed by atoms with Crippen LogP contribution in [0.2, 0.25) is 0 Å². The van der Waals surface area contributed by atoms with Crippen LogP contribution in [0.15, 0.2) is 5.10 Å². The zero-order valence-electron chi connectivity index (χ0n) is 14.9. The molecule has 134 valence electrons. The van der Waals surface area contributed by atoms with Crippen molar-refractivity contribution in [2.75, 3.05) is 33.2 Å². The van der Waals surface area contributed by atoms with Crippen molar-refractivity contribution in [2.45, 2.75) is 57.8 Å². The lowest BCUT2D eigenvalue weighted by atomic mass is 10.1. The fourth-order valence-electron chi connectivity index (χ4n) is 4.01. The number of hydrogen-bond donors (Lipinski definition) is 0. The molecule has 0 unspecified atom stereocenters. The first-order chi connectivity index (χ1) is 11.4. The van der Waals surface area contributed by atoms with Crippen molar-refractivity contribution in [3.63, 3.8) is 0 Å². The Morgan fingerprint density at radius 1 is 1.25 bits per heavy atom. The van der Waals surface area contributed by atoms with Gasteiger partial charge < -0.3 is 9.64 Å². The Kier molecular flexibility index (Phi) is 5.20. The molecule has 3 rings (SSSR count). The number of amides is 2. The van der Waals surface area contributed by atoms with Crippen LogP contribution in [0.4, 0.5) is 0 Å². The number of carbonyl (C=O) groups is 2. The Morgan fingerprint density at radius 2 is 1.96 bits per heavy atom. The molecule has 24 heavy (non-hydrogen) atoms. The first-order valence-corrected chi connectivity index (χ1v) is 8.97. The first kappa shape index (κ1) is 17.4. The molecule has 0 saturated carbocycles. The Morgan fingerprint density at radius 3 is 2.62 bits per heavy atom. The third-order valence-corrected chi connectivity index (χ3v) is 5.06. The van der Waals surface area contributed by atoms with E-state index in [0.717, 1.165) is 39.0 Å². The average molecular weight is 336 g/mol. The second kappa shape index (κ2) is 7.19. The van der Waals surface area contributed by atoms with Crippen LogP contribution < -0.4 is 0 Å². The molecule has 0 bridgehead atoms. The molecule has 0 aromatic rings. The summed E-state index contributed by atoms with van der Waals surface area (Å²) in [6.45, 7) is 7.72. The Balaban J connectivity index is 1.64. The number of carbonyl (C=O) groups excluding carboxylic acids is 2. The van der Waals surface area contributed by atoms with E-state index in [9.17, 15) is 9.59 Å². The van der Waals surface area contributed by atoms with Gasteiger partial charge >= 0.3 is 0 Å². The van der Waals surface area contributed by atoms with E-state index in [1.807, 2.05) is 4.90 Å². The average Bonchev–Trinajstić information content (AvgIpc) is 2.96. The standard InChI is InChI=1S/C17H28N4O3/c1-12-9-20(10-13(2)24-12)11-14-5-4-8-21(14)17(23)15-6-7-16(22)19(3)18-15/h12-14H,4-11H2,1-3H3/t12-,13+,14-/m1/s1. The van der Waals surface area contributed by atoms with Gasteiger partial charge in [0.25, 0.3) is 5.91 Å². The molecule has 7 heteroatoms. The molecule has 0 aromatic heterocycles. The second-order valence-electron chi connectivity index (χ2n) is 7.23. The normalized spacial score (nSPS) is 32.2. The molecule has 0 radical (unpaired) electrons. The monoisotopic (exact) mass is 336 g/mol. The van der Waals surface area contributed by atoms with Crippen LogP contribution in [0.3, 0.4) is 0 Å². The highest BCUT2D eigenvalue weighted by Crippen LogP contribution is 2.22. The molecular formula is C17H28N4O3. The van der Waals surface area contributed by atoms with Gasteiger partial charge in [-0.25, -0.2) is 5.01 Å². The summed E-state index contributed by atoms with van der Waals surface area (Å²) in [5, 5.41) is 5.49. The van der Waals surface area contributed by atoms with Crippen molar-refractivity contribution in [3.05, 3.63) is 0 Å². The number of nitrogens with zero attached hydrogens (tertiary/aromatic N) is 4. The maximum atomic E-state index is 12.8. The van der Waals surface area contributed by atoms with Gasteiger partial charge in [0.2, 0.25) is 5.91 Å². The quantitative estimate of drug-likeness (QED) is 0.761. The van der Waals surface area contributed by atoms with E-state index in [4.69, 9.17) is 4.74 Å². The molecule has 2 amide bonds. The third-order valence-electron chi connectivity index (χ3n) is 5.06. The van der Waals surface area contributed by atoms with E-state index < -0.39 is 0 Å². The summed E-state index contributed by atoms with van der Waals surface area (Å²) in [7, 11) is 1.62. The lowest BCUT2D eigenvalue weighted by Crippen LogP contribution is -2.52. The smallest absolute Gasteiger partial charge is 0.270 e. The van der Waals surface area contributed by atoms with Gasteiger partial charge in [-0.2, -0.15) is 5.10 Å². The molecule has 0 aromatic carbocycles. The van der Waals surface area contributed by atoms with Gasteiger partial charge in [0.05, 0.1) is 12.2 Å². The van der Waals surface area contributed by atoms with Crippen molar-refractivity contribution in [1.82, 2.24) is 14.8 Å². The second-order valence-corrected chi connectivity index (χ2v) is 7.23. The summed E-state index contributed by atoms with van der Waals surface area (Å²) in [4.78, 5) is 28.8. The van der Waals surface area contributed by atoms with E-state index in [2.05, 4.69) is 23.8 Å². The van der Waals surface area contributed by atoms with E-state index in [1.54, 1.807) is 7.05 Å². The molecule has 7 nitrogen and oxygen atoms in total. The number of hydrazone groups is 1. The van der Waals surface area contributed by atoms with E-state index in [0.29, 0.717) is 18.6 Å². The molecule has 3 aliphatic heterocycles. The summed E-state index contributed by atoms with van der Waals surface area (Å²) >= 11 is 0. The predicted octanol–water partition coefficient (Wildman–Crippen LogP) is 0.695. The van der Waals surface area contributed by atoms with Crippen LogP contribution in [0.25, 0.3) is 0 Å². The SMILES string of the molecule is C[C@@H]1CN(C[C@H]2CCCN2C(=O)C2=NN(C)C(=O)CC2)C[C@H](C)O1. The number of hydrogen-bond acceptors (Lipinski definition) is 5. The van der Waals surface area contributed by atoms with Gasteiger partial charge in [0.1, 0.15) is 5.71 Å². The van der Waals surface area contributed by atoms with Gasteiger partial charge in [0.15, 0.2) is 0 Å². The largest absolute Gasteiger partial charge is 0.373 e. The molecule has 3 heterocycles. The number of likely N-dealkylation sites (tertiary alicyclic amines) is 1. The Labute approximate surface area is 143 Å². The number of morpholine rings is 1. The molecule has 2 fully saturated rings. The Hall–Kier alpha value is -1.47. The molecule has 0 aliphatic carbocycles. The van der Waals surface area contributed by atoms with Crippen molar-refractivity contribution >= 4 is 17.5 Å². The van der Waals surface area contributed by atoms with Gasteiger partial charge in [0, 0.05) is 52.1 Å². The van der Waals surface area contributed by atoms with Gasteiger partial charge in [-0.3, -0.25) is 14.5 Å². The van der Waals surface area contributed by atoms with Gasteiger partial charge in [-0.1, -0.05) is 0 Å². The minimum Gasteiger partial charge on any atom is -0.373 e. The highest BCUT2D eigenvalue weighted by molar-refractivity contribution is 6.39. The summed E-state index contributed by atoms with van der Waals surface area (Å²) in [5.74, 6) is -0.0213. The van der Waals surface area contributed by atoms with Crippen molar-refractivity contribution in [3.8, 4) is 0 Å². The summed E-state index contributed by atoms with van der Waals surface area (Å²) in [6.07, 6.45) is 3.37. The van der Waals surface area contributed by atoms with Crippen LogP contribution in [-0.2, 0) is 14.3 Å². The van der Waals surface area contributed by atoms with Crippen LogP contribution in [0, 0.1) is 0 Å². The predicted molar refractivity (Wildman–Crippen MR) is 90.6 cm³/mol. The fraction of sp³-hybridized carbons (Fsp3) is 0.824. The maximum absolute atomic E-state index is 12.8. The van der Waals surface area contributed by atoms with Crippen LogP contribution >= 0.6 is 0 Å². The lowest BCUT2D eigenvalue weighted by Gasteiger charge is -2.38. The molecule has 3 aliphatic rings. The zero-order valence-corrected chi connectivity index (χ0v) is 14.9. The summed E-state index contributed by atoms with van der Waals surface area (Å²) < 4.78 is 5.79. The molecular weight excluding hydrogens is 308 g/mol. The van der Waals surface area contributed by atoms with Crippen LogP contribution in [0.5, 0.6) is 0 Å². The number of ether oxygens (including phenoxy) is 1. The molecule has 0 N–H and O–H groups in total. The lowest BCUT2D eigenvalue weighted by molar-refractivity contribution is -0.131. The van der Waals surface area contributed by atoms with Crippen molar-refractivity contribution < 1.29 is 14.3 Å². The van der Waals surface area contributed by atoms with E-state index >= 15 is 0 Å². The first-order valence-electron chi connectivity index (χ1n) is 8.97. The van der Waals surface area contributed by atoms with Gasteiger partial charge in [-0.15, -0.1) is 0 Å². The van der Waals surface area contributed by atoms with E-state index in [-0.39, 0.29) is 30.1 Å². The zero-order chi connectivity index (χ0) is 17.3. The molecule has 0 spiro atoms. The van der Waals surface area contributed by atoms with Crippen LogP contribution in [-0.4, -0.2) is 83.8 Å². The van der Waals surface area contributed by atoms with E-state index in [1.165, 1.54) is 5.01 Å². The van der Waals surface area contributed by atoms with Crippen LogP contribution in [0.1, 0.15) is 39.5 Å². The topological polar surface area (TPSA) is 65.5 Å². The molecule has 3 atom stereocenters. The van der Waals surface area contributed by atoms with Crippen molar-refractivity contribution in [1.29, 1.82) is 0 Å². The third kappa shape index (κ3) is 3.78. The summed E-state index contributed by atoms with van der Waals surface area (Å²) in [6, 6.07) is 0.237. The Bertz CT molecular complexity index is 526. The molecule has 2 saturated heterocycles. The van der Waals surface area contributed by atoms with Crippen molar-refractivity contribution in [2.24, 2.45) is 5.10 Å². The minimum absolute atomic E-state index is 0.00575. The van der Waals surface area contributed by atoms with Gasteiger partial charge in [-0.05, 0) is 26.7 Å². The highest BCUT2D eigenvalue weighted by Gasteiger charge is 2.35.